The third-order valence-corrected chi connectivity index (χ3v) is 6.61. The SMILES string of the molecule is CS(=O)(=O)N(CCC(=O)N1CCCCCC1)CCc1c[nH]c2ccccc12. The fraction of sp³-hybridized carbons (Fsp3) is 0.550. The van der Waals surface area contributed by atoms with E-state index in [1.54, 1.807) is 0 Å². The van der Waals surface area contributed by atoms with Crippen molar-refractivity contribution in [3.8, 4) is 0 Å². The third-order valence-electron chi connectivity index (χ3n) is 5.31. The summed E-state index contributed by atoms with van der Waals surface area (Å²) >= 11 is 0. The van der Waals surface area contributed by atoms with Crippen LogP contribution in [0.4, 0.5) is 0 Å². The Bertz CT molecular complexity index is 867. The van der Waals surface area contributed by atoms with Gasteiger partial charge in [0.1, 0.15) is 0 Å². The van der Waals surface area contributed by atoms with Crippen LogP contribution < -0.4 is 0 Å². The molecule has 2 aromatic rings. The minimum absolute atomic E-state index is 0.0673. The standard InChI is InChI=1S/C20H29N3O3S/c1-27(25,26)23(15-11-20(24)22-12-6-2-3-7-13-22)14-10-17-16-21-19-9-5-4-8-18(17)19/h4-5,8-9,16,21H,2-3,6-7,10-15H2,1H3. The number of aromatic nitrogens is 1. The monoisotopic (exact) mass is 391 g/mol. The molecule has 0 atom stereocenters. The zero-order chi connectivity index (χ0) is 19.3. The number of para-hydroxylation sites is 1. The average Bonchev–Trinajstić information content (AvgIpc) is 2.85. The zero-order valence-corrected chi connectivity index (χ0v) is 16.8. The number of hydrogen-bond donors (Lipinski definition) is 1. The Balaban J connectivity index is 1.60. The van der Waals surface area contributed by atoms with Crippen LogP contribution in [0.15, 0.2) is 30.5 Å². The second-order valence-corrected chi connectivity index (χ2v) is 9.30. The Morgan fingerprint density at radius 1 is 1.11 bits per heavy atom. The van der Waals surface area contributed by atoms with E-state index in [1.165, 1.54) is 23.4 Å². The number of aromatic amines is 1. The van der Waals surface area contributed by atoms with E-state index in [0.717, 1.165) is 42.4 Å². The van der Waals surface area contributed by atoms with E-state index < -0.39 is 10.0 Å². The summed E-state index contributed by atoms with van der Waals surface area (Å²) in [4.78, 5) is 17.6. The lowest BCUT2D eigenvalue weighted by Gasteiger charge is -2.23. The maximum atomic E-state index is 12.5. The first-order valence-corrected chi connectivity index (χ1v) is 11.6. The zero-order valence-electron chi connectivity index (χ0n) is 16.0. The van der Waals surface area contributed by atoms with Crippen molar-refractivity contribution in [3.63, 3.8) is 0 Å². The summed E-state index contributed by atoms with van der Waals surface area (Å²) in [7, 11) is -3.35. The highest BCUT2D eigenvalue weighted by Gasteiger charge is 2.21. The molecular formula is C20H29N3O3S. The topological polar surface area (TPSA) is 73.5 Å². The number of nitrogens with one attached hydrogen (secondary N) is 1. The van der Waals surface area contributed by atoms with Crippen molar-refractivity contribution in [1.82, 2.24) is 14.2 Å². The van der Waals surface area contributed by atoms with E-state index in [0.29, 0.717) is 13.0 Å². The van der Waals surface area contributed by atoms with Crippen LogP contribution in [0, 0.1) is 0 Å². The van der Waals surface area contributed by atoms with Crippen LogP contribution in [-0.4, -0.2) is 60.9 Å². The lowest BCUT2D eigenvalue weighted by Crippen LogP contribution is -2.38. The predicted octanol–water partition coefficient (Wildman–Crippen LogP) is 2.76. The van der Waals surface area contributed by atoms with Crippen LogP contribution in [0.3, 0.4) is 0 Å². The fourth-order valence-electron chi connectivity index (χ4n) is 3.73. The average molecular weight is 392 g/mol. The summed E-state index contributed by atoms with van der Waals surface area (Å²) in [5.41, 5.74) is 2.15. The number of rotatable bonds is 7. The number of likely N-dealkylation sites (tertiary alicyclic amines) is 1. The van der Waals surface area contributed by atoms with Gasteiger partial charge in [0, 0.05) is 49.7 Å². The van der Waals surface area contributed by atoms with Crippen LogP contribution in [0.1, 0.15) is 37.7 Å². The van der Waals surface area contributed by atoms with Gasteiger partial charge in [-0.15, -0.1) is 0 Å². The van der Waals surface area contributed by atoms with Crippen molar-refractivity contribution in [1.29, 1.82) is 0 Å². The highest BCUT2D eigenvalue weighted by atomic mass is 32.2. The molecule has 0 bridgehead atoms. The lowest BCUT2D eigenvalue weighted by atomic mass is 10.1. The van der Waals surface area contributed by atoms with E-state index in [9.17, 15) is 13.2 Å². The fourth-order valence-corrected chi connectivity index (χ4v) is 4.57. The van der Waals surface area contributed by atoms with Gasteiger partial charge in [0.2, 0.25) is 15.9 Å². The Morgan fingerprint density at radius 2 is 1.81 bits per heavy atom. The summed E-state index contributed by atoms with van der Waals surface area (Å²) in [5.74, 6) is 0.0673. The Labute approximate surface area is 161 Å². The summed E-state index contributed by atoms with van der Waals surface area (Å²) in [5, 5.41) is 1.12. The van der Waals surface area contributed by atoms with Crippen molar-refractivity contribution < 1.29 is 13.2 Å². The van der Waals surface area contributed by atoms with Gasteiger partial charge in [0.05, 0.1) is 6.26 Å². The van der Waals surface area contributed by atoms with Gasteiger partial charge in [-0.25, -0.2) is 12.7 Å². The molecule has 6 nitrogen and oxygen atoms in total. The Kier molecular flexibility index (Phi) is 6.55. The first-order chi connectivity index (χ1) is 12.9. The summed E-state index contributed by atoms with van der Waals surface area (Å²) < 4.78 is 25.8. The Hall–Kier alpha value is -1.86. The van der Waals surface area contributed by atoms with Gasteiger partial charge in [0.25, 0.3) is 0 Å². The molecule has 3 rings (SSSR count). The highest BCUT2D eigenvalue weighted by molar-refractivity contribution is 7.88. The molecule has 1 saturated heterocycles. The highest BCUT2D eigenvalue weighted by Crippen LogP contribution is 2.19. The molecule has 1 aromatic heterocycles. The molecule has 27 heavy (non-hydrogen) atoms. The van der Waals surface area contributed by atoms with Crippen LogP contribution in [-0.2, 0) is 21.2 Å². The maximum absolute atomic E-state index is 12.5. The first kappa shape index (κ1) is 19.9. The minimum Gasteiger partial charge on any atom is -0.361 e. The molecule has 0 aliphatic carbocycles. The van der Waals surface area contributed by atoms with E-state index in [1.807, 2.05) is 35.4 Å². The molecule has 1 aromatic carbocycles. The third kappa shape index (κ3) is 5.32. The minimum atomic E-state index is -3.35. The van der Waals surface area contributed by atoms with Gasteiger partial charge >= 0.3 is 0 Å². The van der Waals surface area contributed by atoms with Gasteiger partial charge in [0.15, 0.2) is 0 Å². The first-order valence-electron chi connectivity index (χ1n) is 9.73. The molecule has 1 N–H and O–H groups in total. The quantitative estimate of drug-likeness (QED) is 0.789. The number of sulfonamides is 1. The number of carbonyl (C=O) groups is 1. The number of fused-ring (bicyclic) bond motifs is 1. The summed E-state index contributed by atoms with van der Waals surface area (Å²) in [6, 6.07) is 8.00. The van der Waals surface area contributed by atoms with Crippen molar-refractivity contribution in [3.05, 3.63) is 36.0 Å². The van der Waals surface area contributed by atoms with Gasteiger partial charge < -0.3 is 9.88 Å². The number of carbonyl (C=O) groups excluding carboxylic acids is 1. The molecule has 7 heteroatoms. The van der Waals surface area contributed by atoms with E-state index >= 15 is 0 Å². The second kappa shape index (κ2) is 8.89. The molecule has 0 unspecified atom stereocenters. The number of nitrogens with zero attached hydrogens (tertiary/aromatic N) is 2. The van der Waals surface area contributed by atoms with Gasteiger partial charge in [-0.1, -0.05) is 31.0 Å². The normalized spacial score (nSPS) is 16.0. The molecular weight excluding hydrogens is 362 g/mol. The second-order valence-electron chi connectivity index (χ2n) is 7.32. The lowest BCUT2D eigenvalue weighted by molar-refractivity contribution is -0.131. The molecule has 1 amide bonds. The van der Waals surface area contributed by atoms with Crippen molar-refractivity contribution in [2.45, 2.75) is 38.5 Å². The Morgan fingerprint density at radius 3 is 2.52 bits per heavy atom. The van der Waals surface area contributed by atoms with Gasteiger partial charge in [-0.3, -0.25) is 4.79 Å². The summed E-state index contributed by atoms with van der Waals surface area (Å²) in [6.45, 7) is 2.23. The molecule has 148 valence electrons. The van der Waals surface area contributed by atoms with E-state index in [-0.39, 0.29) is 18.9 Å². The van der Waals surface area contributed by atoms with Gasteiger partial charge in [-0.2, -0.15) is 0 Å². The van der Waals surface area contributed by atoms with Gasteiger partial charge in [-0.05, 0) is 30.9 Å². The molecule has 0 radical (unpaired) electrons. The van der Waals surface area contributed by atoms with Crippen LogP contribution in [0.5, 0.6) is 0 Å². The number of amides is 1. The molecule has 0 saturated carbocycles. The molecule has 2 heterocycles. The molecule has 1 fully saturated rings. The molecule has 1 aliphatic heterocycles. The number of benzene rings is 1. The predicted molar refractivity (Wildman–Crippen MR) is 108 cm³/mol. The smallest absolute Gasteiger partial charge is 0.223 e. The van der Waals surface area contributed by atoms with E-state index in [2.05, 4.69) is 4.98 Å². The van der Waals surface area contributed by atoms with Crippen molar-refractivity contribution in [2.24, 2.45) is 0 Å². The largest absolute Gasteiger partial charge is 0.361 e. The van der Waals surface area contributed by atoms with Crippen molar-refractivity contribution >= 4 is 26.8 Å². The van der Waals surface area contributed by atoms with Crippen LogP contribution in [0.2, 0.25) is 0 Å². The van der Waals surface area contributed by atoms with E-state index in [4.69, 9.17) is 0 Å². The van der Waals surface area contributed by atoms with Crippen molar-refractivity contribution in [2.75, 3.05) is 32.4 Å². The number of H-pyrrole nitrogens is 1. The molecule has 1 aliphatic rings. The maximum Gasteiger partial charge on any atom is 0.223 e. The summed E-state index contributed by atoms with van der Waals surface area (Å²) in [6.07, 6.45) is 8.46. The number of hydrogen-bond acceptors (Lipinski definition) is 3. The molecule has 0 spiro atoms. The van der Waals surface area contributed by atoms with Crippen LogP contribution >= 0.6 is 0 Å². The van der Waals surface area contributed by atoms with Crippen LogP contribution in [0.25, 0.3) is 10.9 Å².